The summed E-state index contributed by atoms with van der Waals surface area (Å²) in [7, 11) is 1.34. The molecule has 0 bridgehead atoms. The van der Waals surface area contributed by atoms with Gasteiger partial charge in [-0.3, -0.25) is 9.59 Å². The summed E-state index contributed by atoms with van der Waals surface area (Å²) in [6, 6.07) is 0. The molecule has 5 nitrogen and oxygen atoms in total. The summed E-state index contributed by atoms with van der Waals surface area (Å²) >= 11 is 1.33. The molecule has 1 N–H and O–H groups in total. The van der Waals surface area contributed by atoms with Crippen LogP contribution in [-0.4, -0.2) is 24.0 Å². The molecule has 0 radical (unpaired) electrons. The van der Waals surface area contributed by atoms with E-state index < -0.39 is 0 Å². The van der Waals surface area contributed by atoms with Gasteiger partial charge in [0, 0.05) is 11.8 Å². The number of ether oxygens (including phenoxy) is 1. The Hall–Kier alpha value is -1.43. The number of nitrogens with one attached hydrogen (secondary N) is 1. The molecule has 1 heterocycles. The maximum Gasteiger partial charge on any atom is 0.311 e. The average Bonchev–Trinajstić information content (AvgIpc) is 2.85. The van der Waals surface area contributed by atoms with E-state index in [1.165, 1.54) is 37.7 Å². The zero-order valence-electron chi connectivity index (χ0n) is 12.1. The van der Waals surface area contributed by atoms with Gasteiger partial charge < -0.3 is 10.1 Å². The highest BCUT2D eigenvalue weighted by Gasteiger charge is 2.09. The molecule has 0 saturated heterocycles. The SMILES string of the molecule is CCCCCCCC(=O)Nc1nc(CC(=O)OC)cs1. The largest absolute Gasteiger partial charge is 0.469 e. The quantitative estimate of drug-likeness (QED) is 0.561. The van der Waals surface area contributed by atoms with Crippen LogP contribution in [0.2, 0.25) is 0 Å². The van der Waals surface area contributed by atoms with E-state index in [1.54, 1.807) is 5.38 Å². The molecule has 0 aromatic carbocycles. The lowest BCUT2D eigenvalue weighted by atomic mass is 10.1. The first-order chi connectivity index (χ1) is 9.65. The molecule has 1 rings (SSSR count). The minimum Gasteiger partial charge on any atom is -0.469 e. The molecule has 0 aliphatic carbocycles. The Morgan fingerprint density at radius 1 is 1.30 bits per heavy atom. The molecular formula is C14H22N2O3S. The van der Waals surface area contributed by atoms with E-state index in [4.69, 9.17) is 0 Å². The monoisotopic (exact) mass is 298 g/mol. The summed E-state index contributed by atoms with van der Waals surface area (Å²) in [6.45, 7) is 2.17. The van der Waals surface area contributed by atoms with Crippen molar-refractivity contribution in [1.82, 2.24) is 4.98 Å². The van der Waals surface area contributed by atoms with Crippen LogP contribution in [0.15, 0.2) is 5.38 Å². The number of unbranched alkanes of at least 4 members (excludes halogenated alkanes) is 4. The number of carbonyl (C=O) groups excluding carboxylic acids is 2. The highest BCUT2D eigenvalue weighted by molar-refractivity contribution is 7.13. The van der Waals surface area contributed by atoms with Gasteiger partial charge >= 0.3 is 5.97 Å². The molecule has 20 heavy (non-hydrogen) atoms. The highest BCUT2D eigenvalue weighted by atomic mass is 32.1. The fraction of sp³-hybridized carbons (Fsp3) is 0.643. The number of carbonyl (C=O) groups is 2. The lowest BCUT2D eigenvalue weighted by Crippen LogP contribution is -2.11. The number of hydrogen-bond acceptors (Lipinski definition) is 5. The number of hydrogen-bond donors (Lipinski definition) is 1. The van der Waals surface area contributed by atoms with Gasteiger partial charge in [0.25, 0.3) is 0 Å². The van der Waals surface area contributed by atoms with Crippen molar-refractivity contribution in [2.75, 3.05) is 12.4 Å². The number of thiazole rings is 1. The zero-order valence-corrected chi connectivity index (χ0v) is 12.9. The molecule has 0 fully saturated rings. The molecule has 0 aliphatic heterocycles. The van der Waals surface area contributed by atoms with Crippen LogP contribution in [0.25, 0.3) is 0 Å². The second kappa shape index (κ2) is 9.47. The Balaban J connectivity index is 2.26. The van der Waals surface area contributed by atoms with Crippen LogP contribution in [-0.2, 0) is 20.7 Å². The summed E-state index contributed by atoms with van der Waals surface area (Å²) in [5, 5.41) is 5.06. The van der Waals surface area contributed by atoms with E-state index in [-0.39, 0.29) is 18.3 Å². The summed E-state index contributed by atoms with van der Waals surface area (Å²) in [5.41, 5.74) is 0.625. The van der Waals surface area contributed by atoms with Crippen LogP contribution in [0.3, 0.4) is 0 Å². The first-order valence-electron chi connectivity index (χ1n) is 6.96. The van der Waals surface area contributed by atoms with Crippen molar-refractivity contribution in [3.8, 4) is 0 Å². The zero-order chi connectivity index (χ0) is 14.8. The summed E-state index contributed by atoms with van der Waals surface area (Å²) in [4.78, 5) is 27.0. The van der Waals surface area contributed by atoms with Crippen LogP contribution in [0, 0.1) is 0 Å². The first-order valence-corrected chi connectivity index (χ1v) is 7.84. The van der Waals surface area contributed by atoms with E-state index in [0.29, 0.717) is 17.2 Å². The van der Waals surface area contributed by atoms with Crippen molar-refractivity contribution in [1.29, 1.82) is 0 Å². The number of methoxy groups -OCH3 is 1. The molecule has 0 atom stereocenters. The van der Waals surface area contributed by atoms with Crippen molar-refractivity contribution >= 4 is 28.3 Å². The topological polar surface area (TPSA) is 68.3 Å². The average molecular weight is 298 g/mol. The summed E-state index contributed by atoms with van der Waals surface area (Å²) in [5.74, 6) is -0.343. The number of rotatable bonds is 9. The Bertz CT molecular complexity index is 432. The van der Waals surface area contributed by atoms with Crippen LogP contribution in [0.5, 0.6) is 0 Å². The summed E-state index contributed by atoms with van der Waals surface area (Å²) < 4.78 is 4.57. The molecule has 1 amide bonds. The number of amides is 1. The highest BCUT2D eigenvalue weighted by Crippen LogP contribution is 2.16. The Morgan fingerprint density at radius 3 is 2.75 bits per heavy atom. The molecule has 1 aromatic heterocycles. The lowest BCUT2D eigenvalue weighted by Gasteiger charge is -2.01. The van der Waals surface area contributed by atoms with Gasteiger partial charge in [-0.15, -0.1) is 11.3 Å². The van der Waals surface area contributed by atoms with E-state index in [0.717, 1.165) is 12.8 Å². The van der Waals surface area contributed by atoms with Gasteiger partial charge in [0.05, 0.1) is 19.2 Å². The van der Waals surface area contributed by atoms with Crippen molar-refractivity contribution in [3.63, 3.8) is 0 Å². The van der Waals surface area contributed by atoms with Gasteiger partial charge in [-0.2, -0.15) is 0 Å². The molecule has 0 spiro atoms. The smallest absolute Gasteiger partial charge is 0.311 e. The minimum atomic E-state index is -0.330. The third-order valence-electron chi connectivity index (χ3n) is 2.86. The first kappa shape index (κ1) is 16.6. The maximum absolute atomic E-state index is 11.7. The molecule has 0 saturated carbocycles. The van der Waals surface area contributed by atoms with Crippen molar-refractivity contribution < 1.29 is 14.3 Å². The molecule has 0 aliphatic rings. The van der Waals surface area contributed by atoms with Crippen LogP contribution >= 0.6 is 11.3 Å². The van der Waals surface area contributed by atoms with E-state index in [2.05, 4.69) is 22.0 Å². The lowest BCUT2D eigenvalue weighted by molar-refractivity contribution is -0.139. The van der Waals surface area contributed by atoms with Gasteiger partial charge in [-0.25, -0.2) is 4.98 Å². The predicted molar refractivity (Wildman–Crippen MR) is 79.8 cm³/mol. The van der Waals surface area contributed by atoms with Crippen molar-refractivity contribution in [2.24, 2.45) is 0 Å². The van der Waals surface area contributed by atoms with Gasteiger partial charge in [-0.05, 0) is 6.42 Å². The van der Waals surface area contributed by atoms with Crippen LogP contribution < -0.4 is 5.32 Å². The number of aromatic nitrogens is 1. The predicted octanol–water partition coefficient (Wildman–Crippen LogP) is 3.16. The van der Waals surface area contributed by atoms with Gasteiger partial charge in [0.2, 0.25) is 5.91 Å². The number of nitrogens with zero attached hydrogens (tertiary/aromatic N) is 1. The number of esters is 1. The second-order valence-electron chi connectivity index (χ2n) is 4.61. The Kier molecular flexibility index (Phi) is 7.87. The number of anilines is 1. The fourth-order valence-electron chi connectivity index (χ4n) is 1.74. The Morgan fingerprint density at radius 2 is 2.05 bits per heavy atom. The second-order valence-corrected chi connectivity index (χ2v) is 5.47. The van der Waals surface area contributed by atoms with E-state index in [1.807, 2.05) is 0 Å². The van der Waals surface area contributed by atoms with Gasteiger partial charge in [0.1, 0.15) is 0 Å². The normalized spacial score (nSPS) is 10.3. The third-order valence-corrected chi connectivity index (χ3v) is 3.67. The van der Waals surface area contributed by atoms with Gasteiger partial charge in [0.15, 0.2) is 5.13 Å². The van der Waals surface area contributed by atoms with Crippen molar-refractivity contribution in [2.45, 2.75) is 51.9 Å². The van der Waals surface area contributed by atoms with Crippen molar-refractivity contribution in [3.05, 3.63) is 11.1 Å². The standard InChI is InChI=1S/C14H22N2O3S/c1-3-4-5-6-7-8-12(17)16-14-15-11(10-20-14)9-13(18)19-2/h10H,3-9H2,1-2H3,(H,15,16,17). The third kappa shape index (κ3) is 6.65. The van der Waals surface area contributed by atoms with Crippen LogP contribution in [0.4, 0.5) is 5.13 Å². The molecule has 6 heteroatoms. The van der Waals surface area contributed by atoms with E-state index >= 15 is 0 Å². The maximum atomic E-state index is 11.7. The van der Waals surface area contributed by atoms with Crippen LogP contribution in [0.1, 0.15) is 51.1 Å². The molecule has 1 aromatic rings. The molecule has 0 unspecified atom stereocenters. The fourth-order valence-corrected chi connectivity index (χ4v) is 2.46. The molecule has 112 valence electrons. The van der Waals surface area contributed by atoms with E-state index in [9.17, 15) is 9.59 Å². The molecular weight excluding hydrogens is 276 g/mol. The Labute approximate surface area is 123 Å². The minimum absolute atomic E-state index is 0.0135. The summed E-state index contributed by atoms with van der Waals surface area (Å²) in [6.07, 6.45) is 6.28. The van der Waals surface area contributed by atoms with Gasteiger partial charge in [-0.1, -0.05) is 32.6 Å².